The SMILES string of the molecule is Cc1cnc(C(Cc2csc3ccccc23)NN)c(C)c1. The molecule has 2 heterocycles. The minimum Gasteiger partial charge on any atom is -0.271 e. The highest BCUT2D eigenvalue weighted by Crippen LogP contribution is 2.29. The maximum atomic E-state index is 5.79. The van der Waals surface area contributed by atoms with Crippen molar-refractivity contribution in [3.8, 4) is 0 Å². The summed E-state index contributed by atoms with van der Waals surface area (Å²) < 4.78 is 1.32. The molecule has 0 spiro atoms. The Morgan fingerprint density at radius 2 is 2.10 bits per heavy atom. The molecule has 0 saturated carbocycles. The molecule has 1 aromatic carbocycles. The largest absolute Gasteiger partial charge is 0.271 e. The van der Waals surface area contributed by atoms with E-state index in [-0.39, 0.29) is 6.04 Å². The van der Waals surface area contributed by atoms with E-state index in [4.69, 9.17) is 5.84 Å². The van der Waals surface area contributed by atoms with Crippen molar-refractivity contribution in [2.24, 2.45) is 5.84 Å². The smallest absolute Gasteiger partial charge is 0.0675 e. The van der Waals surface area contributed by atoms with Gasteiger partial charge in [-0.3, -0.25) is 16.3 Å². The average molecular weight is 297 g/mol. The average Bonchev–Trinajstić information content (AvgIpc) is 2.89. The van der Waals surface area contributed by atoms with E-state index in [2.05, 4.69) is 60.0 Å². The van der Waals surface area contributed by atoms with Crippen LogP contribution in [-0.2, 0) is 6.42 Å². The van der Waals surface area contributed by atoms with E-state index < -0.39 is 0 Å². The second kappa shape index (κ2) is 5.93. The predicted octanol–water partition coefficient (Wildman–Crippen LogP) is 3.66. The number of aryl methyl sites for hydroxylation is 2. The Morgan fingerprint density at radius 3 is 2.86 bits per heavy atom. The number of rotatable bonds is 4. The Hall–Kier alpha value is -1.75. The van der Waals surface area contributed by atoms with Crippen molar-refractivity contribution in [1.82, 2.24) is 10.4 Å². The lowest BCUT2D eigenvalue weighted by Crippen LogP contribution is -2.30. The lowest BCUT2D eigenvalue weighted by molar-refractivity contribution is 0.537. The van der Waals surface area contributed by atoms with Crippen molar-refractivity contribution >= 4 is 21.4 Å². The van der Waals surface area contributed by atoms with Crippen LogP contribution in [0.25, 0.3) is 10.1 Å². The third-order valence-corrected chi connectivity index (χ3v) is 4.78. The second-order valence-corrected chi connectivity index (χ2v) is 6.31. The third-order valence-electron chi connectivity index (χ3n) is 3.77. The summed E-state index contributed by atoms with van der Waals surface area (Å²) in [7, 11) is 0. The molecule has 0 aliphatic heterocycles. The molecule has 1 atom stereocenters. The number of fused-ring (bicyclic) bond motifs is 1. The Morgan fingerprint density at radius 1 is 1.29 bits per heavy atom. The van der Waals surface area contributed by atoms with Crippen LogP contribution in [0.3, 0.4) is 0 Å². The third kappa shape index (κ3) is 2.83. The van der Waals surface area contributed by atoms with Gasteiger partial charge in [0.15, 0.2) is 0 Å². The quantitative estimate of drug-likeness (QED) is 0.571. The summed E-state index contributed by atoms with van der Waals surface area (Å²) in [5, 5.41) is 3.53. The number of hydrogen-bond acceptors (Lipinski definition) is 4. The van der Waals surface area contributed by atoms with Crippen LogP contribution in [0.1, 0.15) is 28.4 Å². The Balaban J connectivity index is 1.94. The number of hydrazine groups is 1. The maximum Gasteiger partial charge on any atom is 0.0675 e. The summed E-state index contributed by atoms with van der Waals surface area (Å²) in [5.41, 5.74) is 7.62. The molecule has 3 rings (SSSR count). The van der Waals surface area contributed by atoms with Gasteiger partial charge < -0.3 is 0 Å². The Kier molecular flexibility index (Phi) is 4.01. The molecule has 0 aliphatic carbocycles. The van der Waals surface area contributed by atoms with E-state index in [1.807, 2.05) is 6.20 Å². The topological polar surface area (TPSA) is 50.9 Å². The summed E-state index contributed by atoms with van der Waals surface area (Å²) in [6, 6.07) is 10.7. The van der Waals surface area contributed by atoms with Crippen LogP contribution in [0.2, 0.25) is 0 Å². The van der Waals surface area contributed by atoms with Gasteiger partial charge in [0.2, 0.25) is 0 Å². The van der Waals surface area contributed by atoms with Crippen LogP contribution >= 0.6 is 11.3 Å². The fourth-order valence-electron chi connectivity index (χ4n) is 2.74. The summed E-state index contributed by atoms with van der Waals surface area (Å²) >= 11 is 1.78. The van der Waals surface area contributed by atoms with Gasteiger partial charge in [-0.2, -0.15) is 0 Å². The fourth-order valence-corrected chi connectivity index (χ4v) is 3.71. The van der Waals surface area contributed by atoms with Gasteiger partial charge in [-0.05, 0) is 53.8 Å². The van der Waals surface area contributed by atoms with E-state index in [9.17, 15) is 0 Å². The monoisotopic (exact) mass is 297 g/mol. The predicted molar refractivity (Wildman–Crippen MR) is 89.3 cm³/mol. The number of pyridine rings is 1. The van der Waals surface area contributed by atoms with Gasteiger partial charge in [-0.1, -0.05) is 24.3 Å². The lowest BCUT2D eigenvalue weighted by atomic mass is 9.99. The van der Waals surface area contributed by atoms with Crippen LogP contribution in [0.4, 0.5) is 0 Å². The van der Waals surface area contributed by atoms with Gasteiger partial charge in [-0.25, -0.2) is 0 Å². The molecule has 3 N–H and O–H groups in total. The van der Waals surface area contributed by atoms with Crippen LogP contribution in [-0.4, -0.2) is 4.98 Å². The van der Waals surface area contributed by atoms with Gasteiger partial charge in [0, 0.05) is 10.9 Å². The van der Waals surface area contributed by atoms with Crippen LogP contribution in [0.5, 0.6) is 0 Å². The van der Waals surface area contributed by atoms with Crippen molar-refractivity contribution in [3.05, 3.63) is 64.3 Å². The van der Waals surface area contributed by atoms with E-state index in [0.29, 0.717) is 0 Å². The molecule has 0 saturated heterocycles. The molecular formula is C17H19N3S. The standard InChI is InChI=1S/C17H19N3S/c1-11-7-12(2)17(19-9-11)15(20-18)8-13-10-21-16-6-4-3-5-14(13)16/h3-7,9-10,15,20H,8,18H2,1-2H3. The molecule has 0 bridgehead atoms. The molecule has 0 amide bonds. The molecule has 4 heteroatoms. The van der Waals surface area contributed by atoms with Gasteiger partial charge in [0.25, 0.3) is 0 Å². The Bertz CT molecular complexity index is 764. The Labute approximate surface area is 128 Å². The number of benzene rings is 1. The summed E-state index contributed by atoms with van der Waals surface area (Å²) in [4.78, 5) is 4.57. The maximum absolute atomic E-state index is 5.79. The van der Waals surface area contributed by atoms with E-state index >= 15 is 0 Å². The van der Waals surface area contributed by atoms with Crippen LogP contribution in [0.15, 0.2) is 41.9 Å². The molecule has 21 heavy (non-hydrogen) atoms. The lowest BCUT2D eigenvalue weighted by Gasteiger charge is -2.17. The van der Waals surface area contributed by atoms with Crippen molar-refractivity contribution < 1.29 is 0 Å². The van der Waals surface area contributed by atoms with Gasteiger partial charge in [0.1, 0.15) is 0 Å². The van der Waals surface area contributed by atoms with Crippen molar-refractivity contribution in [3.63, 3.8) is 0 Å². The molecule has 108 valence electrons. The van der Waals surface area contributed by atoms with Gasteiger partial charge in [-0.15, -0.1) is 11.3 Å². The van der Waals surface area contributed by atoms with Crippen molar-refractivity contribution in [2.45, 2.75) is 26.3 Å². The van der Waals surface area contributed by atoms with E-state index in [1.54, 1.807) is 11.3 Å². The van der Waals surface area contributed by atoms with Crippen molar-refractivity contribution in [2.75, 3.05) is 0 Å². The first kappa shape index (κ1) is 14.2. The zero-order valence-electron chi connectivity index (χ0n) is 12.3. The van der Waals surface area contributed by atoms with E-state index in [0.717, 1.165) is 12.1 Å². The highest BCUT2D eigenvalue weighted by molar-refractivity contribution is 7.17. The van der Waals surface area contributed by atoms with Crippen molar-refractivity contribution in [1.29, 1.82) is 0 Å². The van der Waals surface area contributed by atoms with Gasteiger partial charge in [0.05, 0.1) is 11.7 Å². The first-order valence-corrected chi connectivity index (χ1v) is 7.91. The molecule has 0 fully saturated rings. The number of aromatic nitrogens is 1. The first-order chi connectivity index (χ1) is 10.2. The first-order valence-electron chi connectivity index (χ1n) is 7.03. The second-order valence-electron chi connectivity index (χ2n) is 5.40. The highest BCUT2D eigenvalue weighted by Gasteiger charge is 2.16. The molecule has 2 aromatic heterocycles. The molecule has 0 aliphatic rings. The number of nitrogens with two attached hydrogens (primary N) is 1. The zero-order valence-corrected chi connectivity index (χ0v) is 13.1. The molecule has 3 aromatic rings. The number of nitrogens with one attached hydrogen (secondary N) is 1. The minimum absolute atomic E-state index is 0.0311. The fraction of sp³-hybridized carbons (Fsp3) is 0.235. The summed E-state index contributed by atoms with van der Waals surface area (Å²) in [6.45, 7) is 4.15. The zero-order chi connectivity index (χ0) is 14.8. The summed E-state index contributed by atoms with van der Waals surface area (Å²) in [6.07, 6.45) is 2.75. The molecule has 3 nitrogen and oxygen atoms in total. The normalized spacial score (nSPS) is 12.7. The molecule has 0 radical (unpaired) electrons. The molecular weight excluding hydrogens is 278 g/mol. The highest BCUT2D eigenvalue weighted by atomic mass is 32.1. The van der Waals surface area contributed by atoms with E-state index in [1.165, 1.54) is 26.8 Å². The van der Waals surface area contributed by atoms with Crippen LogP contribution in [0, 0.1) is 13.8 Å². The number of nitrogens with zero attached hydrogens (tertiary/aromatic N) is 1. The molecule has 1 unspecified atom stereocenters. The number of thiophene rings is 1. The summed E-state index contributed by atoms with van der Waals surface area (Å²) in [5.74, 6) is 5.79. The van der Waals surface area contributed by atoms with Gasteiger partial charge >= 0.3 is 0 Å². The number of hydrogen-bond donors (Lipinski definition) is 2. The minimum atomic E-state index is 0.0311. The van der Waals surface area contributed by atoms with Crippen LogP contribution < -0.4 is 11.3 Å².